The first kappa shape index (κ1) is 38.3. The molecule has 0 spiro atoms. The van der Waals surface area contributed by atoms with Crippen LogP contribution >= 0.6 is 7.92 Å². The quantitative estimate of drug-likeness (QED) is 0.0853. The monoisotopic (exact) mass is 792 g/mol. The molecule has 0 fully saturated rings. The lowest BCUT2D eigenvalue weighted by Crippen LogP contribution is -2.20. The van der Waals surface area contributed by atoms with Gasteiger partial charge in [-0.05, 0) is 122 Å². The van der Waals surface area contributed by atoms with Crippen LogP contribution in [0.4, 0.5) is 11.4 Å². The third-order valence-electron chi connectivity index (χ3n) is 11.0. The minimum absolute atomic E-state index is 0.740. The summed E-state index contributed by atoms with van der Waals surface area (Å²) in [5.41, 5.74) is 10.5. The van der Waals surface area contributed by atoms with E-state index in [1.165, 1.54) is 38.6 Å². The van der Waals surface area contributed by atoms with E-state index in [1.807, 2.05) is 44.2 Å². The Hall–Kier alpha value is -7.26. The maximum atomic E-state index is 8.79. The Morgan fingerprint density at radius 2 is 1.07 bits per heavy atom. The largest absolute Gasteiger partial charge is 0.355 e. The van der Waals surface area contributed by atoms with Crippen LogP contribution < -0.4 is 21.2 Å². The molecule has 290 valence electrons. The SMILES string of the molecule is C/C=C\C.N=Cc1c(Nc2ccccc2)ccc2c3cc(-c4ccc5c(ccn5-c5ccccc5)c4)ccc3n(-c3ccc(P(c4ccccc4)c4ccccc4)cc3)c12. The molecule has 0 amide bonds. The highest BCUT2D eigenvalue weighted by Crippen LogP contribution is 2.40. The van der Waals surface area contributed by atoms with Gasteiger partial charge in [-0.3, -0.25) is 0 Å². The number of fused-ring (bicyclic) bond motifs is 4. The summed E-state index contributed by atoms with van der Waals surface area (Å²) in [4.78, 5) is 0. The molecule has 0 saturated heterocycles. The fourth-order valence-corrected chi connectivity index (χ4v) is 10.3. The number of nitrogens with one attached hydrogen (secondary N) is 2. The third kappa shape index (κ3) is 7.46. The summed E-state index contributed by atoms with van der Waals surface area (Å²) >= 11 is 0. The standard InChI is InChI=1S/C51H37N4P.C4H8/c52-35-47-48(53-39-13-5-1-6-14-39)28-27-45-46-34-37(36-21-29-49-38(33-36)31-32-54(49)40-15-7-2-8-16-40)22-30-50(46)55(51(45)47)41-23-25-44(26-24-41)56(42-17-9-3-10-18-42)43-19-11-4-12-20-43;1-3-4-2/h1-35,52-53H;3-4H,1-2H3/b;4-3-. The normalized spacial score (nSPS) is 11.3. The average Bonchev–Trinajstić information content (AvgIpc) is 3.89. The summed E-state index contributed by atoms with van der Waals surface area (Å²) in [7, 11) is -0.740. The summed E-state index contributed by atoms with van der Waals surface area (Å²) in [5.74, 6) is 0. The lowest BCUT2D eigenvalue weighted by Gasteiger charge is -2.20. The highest BCUT2D eigenvalue weighted by atomic mass is 31.1. The van der Waals surface area contributed by atoms with Crippen LogP contribution in [0.5, 0.6) is 0 Å². The molecule has 0 unspecified atom stereocenters. The molecule has 60 heavy (non-hydrogen) atoms. The highest BCUT2D eigenvalue weighted by Gasteiger charge is 2.21. The number of anilines is 2. The molecule has 0 aliphatic heterocycles. The molecule has 2 aromatic heterocycles. The van der Waals surface area contributed by atoms with Crippen LogP contribution in [0, 0.1) is 5.41 Å². The first-order chi connectivity index (χ1) is 29.6. The maximum Gasteiger partial charge on any atom is 0.0649 e. The lowest BCUT2D eigenvalue weighted by atomic mass is 10.0. The van der Waals surface area contributed by atoms with Crippen molar-refractivity contribution in [2.75, 3.05) is 5.32 Å². The first-order valence-electron chi connectivity index (χ1n) is 20.3. The van der Waals surface area contributed by atoms with Gasteiger partial charge in [0.1, 0.15) is 0 Å². The second kappa shape index (κ2) is 17.3. The van der Waals surface area contributed by atoms with Gasteiger partial charge in [0.05, 0.1) is 16.6 Å². The first-order valence-corrected chi connectivity index (χ1v) is 21.7. The van der Waals surface area contributed by atoms with Crippen LogP contribution in [0.25, 0.3) is 55.2 Å². The minimum Gasteiger partial charge on any atom is -0.355 e. The van der Waals surface area contributed by atoms with Crippen LogP contribution in [0.15, 0.2) is 219 Å². The van der Waals surface area contributed by atoms with Gasteiger partial charge in [-0.15, -0.1) is 0 Å². The van der Waals surface area contributed by atoms with Crippen LogP contribution in [0.2, 0.25) is 0 Å². The number of hydrogen-bond donors (Lipinski definition) is 2. The van der Waals surface area contributed by atoms with E-state index < -0.39 is 7.92 Å². The molecule has 0 aliphatic rings. The van der Waals surface area contributed by atoms with Crippen molar-refractivity contribution < 1.29 is 0 Å². The predicted octanol–water partition coefficient (Wildman–Crippen LogP) is 13.5. The van der Waals surface area contributed by atoms with Gasteiger partial charge in [-0.2, -0.15) is 0 Å². The van der Waals surface area contributed by atoms with Gasteiger partial charge in [0, 0.05) is 56.9 Å². The summed E-state index contributed by atoms with van der Waals surface area (Å²) in [6.07, 6.45) is 7.64. The van der Waals surface area contributed by atoms with Gasteiger partial charge in [-0.1, -0.05) is 140 Å². The lowest BCUT2D eigenvalue weighted by molar-refractivity contribution is 1.13. The van der Waals surface area contributed by atoms with E-state index in [2.05, 4.69) is 203 Å². The molecule has 0 bridgehead atoms. The molecule has 0 atom stereocenters. The van der Waals surface area contributed by atoms with Gasteiger partial charge in [0.25, 0.3) is 0 Å². The van der Waals surface area contributed by atoms with E-state index >= 15 is 0 Å². The van der Waals surface area contributed by atoms with Crippen molar-refractivity contribution in [1.29, 1.82) is 5.41 Å². The average molecular weight is 793 g/mol. The summed E-state index contributed by atoms with van der Waals surface area (Å²) in [6, 6.07) is 71.5. The predicted molar refractivity (Wildman–Crippen MR) is 260 cm³/mol. The maximum absolute atomic E-state index is 8.79. The molecule has 0 radical (unpaired) electrons. The Bertz CT molecular complexity index is 3030. The van der Waals surface area contributed by atoms with Gasteiger partial charge in [0.2, 0.25) is 0 Å². The second-order valence-electron chi connectivity index (χ2n) is 14.6. The van der Waals surface area contributed by atoms with Crippen molar-refractivity contribution in [3.8, 4) is 22.5 Å². The van der Waals surface area contributed by atoms with E-state index in [1.54, 1.807) is 0 Å². The zero-order chi connectivity index (χ0) is 40.8. The van der Waals surface area contributed by atoms with E-state index in [0.29, 0.717) is 0 Å². The Balaban J connectivity index is 0.00000111. The van der Waals surface area contributed by atoms with Gasteiger partial charge < -0.3 is 19.9 Å². The molecule has 10 rings (SSSR count). The summed E-state index contributed by atoms with van der Waals surface area (Å²) in [6.45, 7) is 4.00. The minimum atomic E-state index is -0.740. The van der Waals surface area contributed by atoms with Crippen molar-refractivity contribution in [1.82, 2.24) is 9.13 Å². The Morgan fingerprint density at radius 1 is 0.500 bits per heavy atom. The van der Waals surface area contributed by atoms with Gasteiger partial charge >= 0.3 is 0 Å². The molecule has 10 aromatic rings. The molecule has 0 aliphatic carbocycles. The number of hydrogen-bond acceptors (Lipinski definition) is 2. The zero-order valence-electron chi connectivity index (χ0n) is 33.7. The third-order valence-corrected chi connectivity index (χ3v) is 13.4. The van der Waals surface area contributed by atoms with E-state index in [4.69, 9.17) is 5.41 Å². The van der Waals surface area contributed by atoms with E-state index in [0.717, 1.165) is 55.7 Å². The van der Waals surface area contributed by atoms with Crippen molar-refractivity contribution in [2.24, 2.45) is 0 Å². The van der Waals surface area contributed by atoms with Crippen LogP contribution in [-0.4, -0.2) is 15.3 Å². The van der Waals surface area contributed by atoms with Crippen LogP contribution in [-0.2, 0) is 0 Å². The molecule has 2 N–H and O–H groups in total. The highest BCUT2D eigenvalue weighted by molar-refractivity contribution is 7.79. The number of rotatable bonds is 9. The van der Waals surface area contributed by atoms with E-state index in [9.17, 15) is 0 Å². The summed E-state index contributed by atoms with van der Waals surface area (Å²) in [5, 5.41) is 19.8. The Morgan fingerprint density at radius 3 is 1.68 bits per heavy atom. The molecule has 5 heteroatoms. The molecule has 4 nitrogen and oxygen atoms in total. The number of benzene rings is 8. The van der Waals surface area contributed by atoms with Crippen LogP contribution in [0.3, 0.4) is 0 Å². The fraction of sp³-hybridized carbons (Fsp3) is 0.0364. The van der Waals surface area contributed by atoms with Gasteiger partial charge in [-0.25, -0.2) is 0 Å². The number of nitrogens with zero attached hydrogens (tertiary/aromatic N) is 2. The summed E-state index contributed by atoms with van der Waals surface area (Å²) < 4.78 is 4.58. The molecule has 8 aromatic carbocycles. The molecular weight excluding hydrogens is 748 g/mol. The molecular formula is C55H45N4P. The number of allylic oxidation sites excluding steroid dienone is 2. The van der Waals surface area contributed by atoms with Crippen LogP contribution in [0.1, 0.15) is 19.4 Å². The number of para-hydroxylation sites is 2. The second-order valence-corrected chi connectivity index (χ2v) is 16.8. The molecule has 2 heterocycles. The number of aromatic nitrogens is 2. The van der Waals surface area contributed by atoms with Crippen molar-refractivity contribution in [2.45, 2.75) is 13.8 Å². The van der Waals surface area contributed by atoms with Gasteiger partial charge in [0.15, 0.2) is 0 Å². The van der Waals surface area contributed by atoms with Crippen molar-refractivity contribution in [3.63, 3.8) is 0 Å². The molecule has 0 saturated carbocycles. The topological polar surface area (TPSA) is 45.7 Å². The van der Waals surface area contributed by atoms with E-state index in [-0.39, 0.29) is 0 Å². The van der Waals surface area contributed by atoms with Crippen molar-refractivity contribution in [3.05, 3.63) is 224 Å². The smallest absolute Gasteiger partial charge is 0.0649 e. The fourth-order valence-electron chi connectivity index (χ4n) is 8.00. The Labute approximate surface area is 353 Å². The Kier molecular flexibility index (Phi) is 11.0. The zero-order valence-corrected chi connectivity index (χ0v) is 34.6. The van der Waals surface area contributed by atoms with Crippen molar-refractivity contribution >= 4 is 74.1 Å².